The molecule has 0 aromatic carbocycles. The number of carbonyl (C=O) groups is 1. The number of nitrogens with zero attached hydrogens (tertiary/aromatic N) is 2. The van der Waals surface area contributed by atoms with Crippen LogP contribution in [0, 0.1) is 19.8 Å². The maximum Gasteiger partial charge on any atom is 0.252 e. The van der Waals surface area contributed by atoms with Gasteiger partial charge in [0.15, 0.2) is 5.82 Å². The zero-order chi connectivity index (χ0) is 14.1. The van der Waals surface area contributed by atoms with Gasteiger partial charge in [-0.1, -0.05) is 0 Å². The van der Waals surface area contributed by atoms with Crippen LogP contribution in [0.2, 0.25) is 0 Å². The first-order valence-corrected chi connectivity index (χ1v) is 7.72. The third-order valence-corrected chi connectivity index (χ3v) is 4.43. The quantitative estimate of drug-likeness (QED) is 0.940. The summed E-state index contributed by atoms with van der Waals surface area (Å²) in [6.45, 7) is 3.90. The molecule has 1 amide bonds. The molecule has 0 saturated heterocycles. The number of rotatable bonds is 4. The molecule has 1 atom stereocenters. The fraction of sp³-hybridized carbons (Fsp3) is 0.400. The lowest BCUT2D eigenvalue weighted by Crippen LogP contribution is -2.31. The predicted octanol–water partition coefficient (Wildman–Crippen LogP) is 3.04. The van der Waals surface area contributed by atoms with E-state index in [2.05, 4.69) is 15.3 Å². The summed E-state index contributed by atoms with van der Waals surface area (Å²) in [6, 6.07) is 1.81. The molecule has 1 aliphatic rings. The van der Waals surface area contributed by atoms with Crippen LogP contribution in [0.25, 0.3) is 0 Å². The summed E-state index contributed by atoms with van der Waals surface area (Å²) >= 11 is 1.55. The normalized spacial score (nSPS) is 15.9. The number of nitrogens with one attached hydrogen (secondary N) is 1. The Morgan fingerprint density at radius 2 is 2.20 bits per heavy atom. The number of aromatic nitrogens is 2. The van der Waals surface area contributed by atoms with Gasteiger partial charge < -0.3 is 5.32 Å². The minimum absolute atomic E-state index is 0.0224. The highest BCUT2D eigenvalue weighted by molar-refractivity contribution is 7.08. The summed E-state index contributed by atoms with van der Waals surface area (Å²) in [5, 5.41) is 6.99. The second-order valence-electron chi connectivity index (χ2n) is 5.31. The van der Waals surface area contributed by atoms with Gasteiger partial charge in [-0.2, -0.15) is 11.3 Å². The zero-order valence-electron chi connectivity index (χ0n) is 11.6. The van der Waals surface area contributed by atoms with Crippen molar-refractivity contribution in [3.05, 3.63) is 45.7 Å². The SMILES string of the molecule is Cc1ccnc([C@@H](NC(=O)c2cscc2C)C2CC2)n1. The van der Waals surface area contributed by atoms with E-state index in [-0.39, 0.29) is 11.9 Å². The fourth-order valence-electron chi connectivity index (χ4n) is 2.25. The molecule has 2 aromatic heterocycles. The van der Waals surface area contributed by atoms with Gasteiger partial charge in [0.2, 0.25) is 0 Å². The Morgan fingerprint density at radius 3 is 2.80 bits per heavy atom. The van der Waals surface area contributed by atoms with Crippen molar-refractivity contribution >= 4 is 17.2 Å². The van der Waals surface area contributed by atoms with Gasteiger partial charge in [0.1, 0.15) is 0 Å². The molecule has 20 heavy (non-hydrogen) atoms. The Labute approximate surface area is 122 Å². The van der Waals surface area contributed by atoms with Crippen LogP contribution < -0.4 is 5.32 Å². The third kappa shape index (κ3) is 2.72. The second kappa shape index (κ2) is 5.32. The Hall–Kier alpha value is -1.75. The van der Waals surface area contributed by atoms with Crippen molar-refractivity contribution in [3.8, 4) is 0 Å². The van der Waals surface area contributed by atoms with Crippen molar-refractivity contribution in [2.24, 2.45) is 5.92 Å². The summed E-state index contributed by atoms with van der Waals surface area (Å²) < 4.78 is 0. The highest BCUT2D eigenvalue weighted by Gasteiger charge is 2.35. The van der Waals surface area contributed by atoms with E-state index in [9.17, 15) is 4.79 Å². The largest absolute Gasteiger partial charge is 0.342 e. The van der Waals surface area contributed by atoms with E-state index in [1.54, 1.807) is 17.5 Å². The molecule has 0 spiro atoms. The van der Waals surface area contributed by atoms with Crippen LogP contribution >= 0.6 is 11.3 Å². The van der Waals surface area contributed by atoms with E-state index in [4.69, 9.17) is 0 Å². The molecule has 2 heterocycles. The molecule has 1 fully saturated rings. The molecule has 1 saturated carbocycles. The molecular weight excluding hydrogens is 270 g/mol. The predicted molar refractivity (Wildman–Crippen MR) is 78.8 cm³/mol. The van der Waals surface area contributed by atoms with Gasteiger partial charge in [0.05, 0.1) is 11.6 Å². The van der Waals surface area contributed by atoms with E-state index in [0.29, 0.717) is 5.92 Å². The zero-order valence-corrected chi connectivity index (χ0v) is 12.4. The lowest BCUT2D eigenvalue weighted by Gasteiger charge is -2.17. The van der Waals surface area contributed by atoms with Crippen LogP contribution in [-0.2, 0) is 0 Å². The van der Waals surface area contributed by atoms with Gasteiger partial charge in [-0.15, -0.1) is 0 Å². The second-order valence-corrected chi connectivity index (χ2v) is 6.06. The monoisotopic (exact) mass is 287 g/mol. The van der Waals surface area contributed by atoms with Crippen molar-refractivity contribution < 1.29 is 4.79 Å². The molecule has 1 aliphatic carbocycles. The fourth-order valence-corrected chi connectivity index (χ4v) is 3.08. The highest BCUT2D eigenvalue weighted by atomic mass is 32.1. The van der Waals surface area contributed by atoms with Crippen LogP contribution in [0.3, 0.4) is 0 Å². The van der Waals surface area contributed by atoms with E-state index >= 15 is 0 Å². The van der Waals surface area contributed by atoms with Gasteiger partial charge >= 0.3 is 0 Å². The van der Waals surface area contributed by atoms with Crippen molar-refractivity contribution in [2.75, 3.05) is 0 Å². The van der Waals surface area contributed by atoms with Crippen LogP contribution in [0.5, 0.6) is 0 Å². The minimum atomic E-state index is -0.0679. The first kappa shape index (κ1) is 13.2. The van der Waals surface area contributed by atoms with Crippen LogP contribution in [0.4, 0.5) is 0 Å². The lowest BCUT2D eigenvalue weighted by molar-refractivity contribution is 0.0929. The number of aryl methyl sites for hydroxylation is 2. The Balaban J connectivity index is 1.82. The van der Waals surface area contributed by atoms with Crippen LogP contribution in [-0.4, -0.2) is 15.9 Å². The third-order valence-electron chi connectivity index (χ3n) is 3.57. The van der Waals surface area contributed by atoms with Gasteiger partial charge in [-0.3, -0.25) is 4.79 Å². The summed E-state index contributed by atoms with van der Waals surface area (Å²) in [5.74, 6) is 1.18. The molecule has 3 rings (SSSR count). The topological polar surface area (TPSA) is 54.9 Å². The van der Waals surface area contributed by atoms with Crippen molar-refractivity contribution in [1.29, 1.82) is 0 Å². The summed E-state index contributed by atoms with van der Waals surface area (Å²) in [5.41, 5.74) is 2.71. The molecule has 0 bridgehead atoms. The maximum atomic E-state index is 12.4. The summed E-state index contributed by atoms with van der Waals surface area (Å²) in [7, 11) is 0. The maximum absolute atomic E-state index is 12.4. The number of hydrogen-bond donors (Lipinski definition) is 1. The molecule has 4 nitrogen and oxygen atoms in total. The van der Waals surface area contributed by atoms with Crippen molar-refractivity contribution in [3.63, 3.8) is 0 Å². The average Bonchev–Trinajstić information content (AvgIpc) is 3.17. The first-order valence-electron chi connectivity index (χ1n) is 6.78. The number of hydrogen-bond acceptors (Lipinski definition) is 4. The molecule has 1 N–H and O–H groups in total. The number of thiophene rings is 1. The Kier molecular flexibility index (Phi) is 3.53. The van der Waals surface area contributed by atoms with E-state index < -0.39 is 0 Å². The van der Waals surface area contributed by atoms with E-state index in [1.165, 1.54) is 0 Å². The number of amides is 1. The highest BCUT2D eigenvalue weighted by Crippen LogP contribution is 2.40. The standard InChI is InChI=1S/C15H17N3OS/c1-9-7-20-8-12(9)15(19)18-13(11-3-4-11)14-16-6-5-10(2)17-14/h5-8,11,13H,3-4H2,1-2H3,(H,18,19)/t13-/m0/s1. The van der Waals surface area contributed by atoms with Gasteiger partial charge in [-0.25, -0.2) is 9.97 Å². The molecule has 0 aliphatic heterocycles. The van der Waals surface area contributed by atoms with Gasteiger partial charge in [-0.05, 0) is 49.6 Å². The van der Waals surface area contributed by atoms with E-state index in [1.807, 2.05) is 30.7 Å². The van der Waals surface area contributed by atoms with Gasteiger partial charge in [0, 0.05) is 17.3 Å². The summed E-state index contributed by atoms with van der Waals surface area (Å²) in [6.07, 6.45) is 4.02. The smallest absolute Gasteiger partial charge is 0.252 e. The van der Waals surface area contributed by atoms with Crippen LogP contribution in [0.15, 0.2) is 23.0 Å². The lowest BCUT2D eigenvalue weighted by atomic mass is 10.1. The number of carbonyl (C=O) groups excluding carboxylic acids is 1. The molecule has 2 aromatic rings. The average molecular weight is 287 g/mol. The van der Waals surface area contributed by atoms with E-state index in [0.717, 1.165) is 35.5 Å². The molecule has 0 unspecified atom stereocenters. The Morgan fingerprint density at radius 1 is 1.40 bits per heavy atom. The van der Waals surface area contributed by atoms with Gasteiger partial charge in [0.25, 0.3) is 5.91 Å². The Bertz CT molecular complexity index is 634. The summed E-state index contributed by atoms with van der Waals surface area (Å²) in [4.78, 5) is 21.2. The minimum Gasteiger partial charge on any atom is -0.342 e. The van der Waals surface area contributed by atoms with Crippen LogP contribution in [0.1, 0.15) is 46.3 Å². The van der Waals surface area contributed by atoms with Crippen molar-refractivity contribution in [1.82, 2.24) is 15.3 Å². The molecule has 104 valence electrons. The molecule has 5 heteroatoms. The van der Waals surface area contributed by atoms with Crippen molar-refractivity contribution in [2.45, 2.75) is 32.7 Å². The molecular formula is C15H17N3OS. The molecule has 0 radical (unpaired) electrons. The first-order chi connectivity index (χ1) is 9.65.